The first-order chi connectivity index (χ1) is 13.4. The van der Waals surface area contributed by atoms with Gasteiger partial charge in [0.25, 0.3) is 0 Å². The third-order valence-corrected chi connectivity index (χ3v) is 6.03. The third kappa shape index (κ3) is 4.79. The minimum atomic E-state index is -0.590. The van der Waals surface area contributed by atoms with Gasteiger partial charge in [-0.15, -0.1) is 0 Å². The normalized spacial score (nSPS) is 18.3. The topological polar surface area (TPSA) is 71.0 Å². The second kappa shape index (κ2) is 8.86. The van der Waals surface area contributed by atoms with Crippen LogP contribution in [-0.2, 0) is 9.59 Å². The zero-order valence-electron chi connectivity index (χ0n) is 15.1. The van der Waals surface area contributed by atoms with Crippen LogP contribution in [0.3, 0.4) is 0 Å². The Balaban J connectivity index is 1.76. The van der Waals surface area contributed by atoms with Crippen LogP contribution in [0.2, 0.25) is 10.0 Å². The van der Waals surface area contributed by atoms with Gasteiger partial charge >= 0.3 is 0 Å². The monoisotopic (exact) mass is 437 g/mol. The summed E-state index contributed by atoms with van der Waals surface area (Å²) >= 11 is 13.2. The number of thioether (sulfide) groups is 1. The number of methoxy groups -OCH3 is 1. The van der Waals surface area contributed by atoms with E-state index in [-0.39, 0.29) is 18.2 Å². The number of halogens is 2. The van der Waals surface area contributed by atoms with Crippen LogP contribution in [0.15, 0.2) is 47.5 Å². The van der Waals surface area contributed by atoms with E-state index in [0.717, 1.165) is 0 Å². The van der Waals surface area contributed by atoms with Crippen molar-refractivity contribution in [3.05, 3.63) is 52.5 Å². The summed E-state index contributed by atoms with van der Waals surface area (Å²) in [6.07, 6.45) is 0.0869. The van der Waals surface area contributed by atoms with Gasteiger partial charge in [0.15, 0.2) is 5.17 Å². The van der Waals surface area contributed by atoms with Crippen LogP contribution in [0.5, 0.6) is 5.75 Å². The Hall–Kier alpha value is -2.22. The van der Waals surface area contributed by atoms with Gasteiger partial charge < -0.3 is 10.1 Å². The summed E-state index contributed by atoms with van der Waals surface area (Å²) in [4.78, 5) is 30.9. The fourth-order valence-electron chi connectivity index (χ4n) is 2.46. The van der Waals surface area contributed by atoms with Crippen LogP contribution in [0.4, 0.5) is 11.4 Å². The molecule has 1 aliphatic heterocycles. The summed E-state index contributed by atoms with van der Waals surface area (Å²) < 4.78 is 5.10. The lowest BCUT2D eigenvalue weighted by Gasteiger charge is -2.28. The number of carbonyl (C=O) groups is 2. The maximum Gasteiger partial charge on any atom is 0.238 e. The van der Waals surface area contributed by atoms with E-state index in [0.29, 0.717) is 32.3 Å². The largest absolute Gasteiger partial charge is 0.497 e. The summed E-state index contributed by atoms with van der Waals surface area (Å²) in [7, 11) is 3.20. The van der Waals surface area contributed by atoms with Crippen molar-refractivity contribution in [2.24, 2.45) is 4.99 Å². The van der Waals surface area contributed by atoms with Gasteiger partial charge in [-0.25, -0.2) is 4.99 Å². The van der Waals surface area contributed by atoms with Gasteiger partial charge in [0.1, 0.15) is 11.0 Å². The number of nitrogens with zero attached hydrogens (tertiary/aromatic N) is 2. The number of benzene rings is 2. The van der Waals surface area contributed by atoms with Crippen molar-refractivity contribution in [3.63, 3.8) is 0 Å². The molecule has 3 rings (SSSR count). The van der Waals surface area contributed by atoms with Crippen molar-refractivity contribution < 1.29 is 14.3 Å². The van der Waals surface area contributed by atoms with Crippen molar-refractivity contribution in [1.82, 2.24) is 4.90 Å². The molecule has 2 aromatic rings. The van der Waals surface area contributed by atoms with Crippen molar-refractivity contribution >= 4 is 63.3 Å². The lowest BCUT2D eigenvalue weighted by molar-refractivity contribution is -0.128. The molecule has 146 valence electrons. The molecule has 0 unspecified atom stereocenters. The number of hydrogen-bond donors (Lipinski definition) is 1. The van der Waals surface area contributed by atoms with Crippen molar-refractivity contribution in [3.8, 4) is 5.75 Å². The zero-order valence-corrected chi connectivity index (χ0v) is 17.4. The highest BCUT2D eigenvalue weighted by molar-refractivity contribution is 8.15. The molecule has 0 saturated carbocycles. The Morgan fingerprint density at radius 2 is 1.93 bits per heavy atom. The van der Waals surface area contributed by atoms with Gasteiger partial charge in [-0.2, -0.15) is 0 Å². The number of amides is 2. The van der Waals surface area contributed by atoms with Gasteiger partial charge in [-0.3, -0.25) is 14.5 Å². The lowest BCUT2D eigenvalue weighted by Crippen LogP contribution is -2.43. The molecule has 0 bridgehead atoms. The smallest absolute Gasteiger partial charge is 0.238 e. The quantitative estimate of drug-likeness (QED) is 0.758. The third-order valence-electron chi connectivity index (χ3n) is 4.05. The predicted octanol–water partition coefficient (Wildman–Crippen LogP) is 4.59. The average Bonchev–Trinajstić information content (AvgIpc) is 2.68. The van der Waals surface area contributed by atoms with E-state index in [1.165, 1.54) is 16.7 Å². The van der Waals surface area contributed by atoms with Gasteiger partial charge in [-0.1, -0.05) is 35.0 Å². The number of amidine groups is 1. The fraction of sp³-hybridized carbons (Fsp3) is 0.211. The van der Waals surface area contributed by atoms with E-state index in [9.17, 15) is 9.59 Å². The molecule has 2 aromatic carbocycles. The SMILES string of the molecule is COc1ccc(NC(=O)[C@@H]2CC(=O)N(C)C(=Nc3ccc(Cl)c(Cl)c3)S2)cc1. The number of nitrogens with one attached hydrogen (secondary N) is 1. The molecule has 1 heterocycles. The number of hydrogen-bond acceptors (Lipinski definition) is 5. The first kappa shape index (κ1) is 20.5. The molecular formula is C19H17Cl2N3O3S. The van der Waals surface area contributed by atoms with Crippen LogP contribution >= 0.6 is 35.0 Å². The van der Waals surface area contributed by atoms with Crippen LogP contribution in [0.25, 0.3) is 0 Å². The maximum absolute atomic E-state index is 12.6. The van der Waals surface area contributed by atoms with E-state index in [4.69, 9.17) is 27.9 Å². The molecule has 2 amide bonds. The molecule has 0 spiro atoms. The zero-order chi connectivity index (χ0) is 20.3. The minimum Gasteiger partial charge on any atom is -0.497 e. The standard InChI is InChI=1S/C19H17Cl2N3O3S/c1-24-17(25)10-16(18(26)22-11-3-6-13(27-2)7-4-11)28-19(24)23-12-5-8-14(20)15(21)9-12/h3-9,16H,10H2,1-2H3,(H,22,26)/t16-/m0/s1. The first-order valence-electron chi connectivity index (χ1n) is 8.29. The summed E-state index contributed by atoms with van der Waals surface area (Å²) in [5, 5.41) is 3.44. The van der Waals surface area contributed by atoms with Crippen LogP contribution < -0.4 is 10.1 Å². The Labute approximate surface area is 176 Å². The molecule has 1 N–H and O–H groups in total. The molecule has 6 nitrogen and oxygen atoms in total. The summed E-state index contributed by atoms with van der Waals surface area (Å²) in [5.41, 5.74) is 1.17. The highest BCUT2D eigenvalue weighted by Gasteiger charge is 2.34. The summed E-state index contributed by atoms with van der Waals surface area (Å²) in [5.74, 6) is 0.240. The number of aliphatic imine (C=N–C) groups is 1. The summed E-state index contributed by atoms with van der Waals surface area (Å²) in [6, 6.07) is 11.9. The molecule has 1 fully saturated rings. The van der Waals surface area contributed by atoms with E-state index in [1.54, 1.807) is 56.6 Å². The fourth-order valence-corrected chi connectivity index (χ4v) is 3.82. The lowest BCUT2D eigenvalue weighted by atomic mass is 10.2. The molecule has 28 heavy (non-hydrogen) atoms. The highest BCUT2D eigenvalue weighted by Crippen LogP contribution is 2.31. The maximum atomic E-state index is 12.6. The molecule has 0 radical (unpaired) electrons. The minimum absolute atomic E-state index is 0.0869. The van der Waals surface area contributed by atoms with Gasteiger partial charge in [-0.05, 0) is 42.5 Å². The van der Waals surface area contributed by atoms with Crippen molar-refractivity contribution in [2.75, 3.05) is 19.5 Å². The molecule has 1 saturated heterocycles. The number of anilines is 1. The van der Waals surface area contributed by atoms with Crippen LogP contribution in [0, 0.1) is 0 Å². The van der Waals surface area contributed by atoms with E-state index >= 15 is 0 Å². The first-order valence-corrected chi connectivity index (χ1v) is 9.93. The van der Waals surface area contributed by atoms with Crippen LogP contribution in [0.1, 0.15) is 6.42 Å². The Bertz CT molecular complexity index is 935. The number of ether oxygens (including phenoxy) is 1. The second-order valence-electron chi connectivity index (χ2n) is 5.97. The molecule has 9 heteroatoms. The Morgan fingerprint density at radius 3 is 2.57 bits per heavy atom. The number of carbonyl (C=O) groups excluding carboxylic acids is 2. The van der Waals surface area contributed by atoms with Crippen molar-refractivity contribution in [2.45, 2.75) is 11.7 Å². The van der Waals surface area contributed by atoms with Crippen molar-refractivity contribution in [1.29, 1.82) is 0 Å². The molecule has 1 aliphatic rings. The highest BCUT2D eigenvalue weighted by atomic mass is 35.5. The van der Waals surface area contributed by atoms with E-state index in [2.05, 4.69) is 10.3 Å². The van der Waals surface area contributed by atoms with Gasteiger partial charge in [0.2, 0.25) is 11.8 Å². The summed E-state index contributed by atoms with van der Waals surface area (Å²) in [6.45, 7) is 0. The molecular weight excluding hydrogens is 421 g/mol. The number of rotatable bonds is 4. The van der Waals surface area contributed by atoms with Crippen LogP contribution in [-0.4, -0.2) is 41.3 Å². The second-order valence-corrected chi connectivity index (χ2v) is 7.96. The predicted molar refractivity (Wildman–Crippen MR) is 114 cm³/mol. The van der Waals surface area contributed by atoms with Gasteiger partial charge in [0, 0.05) is 19.2 Å². The Morgan fingerprint density at radius 1 is 1.21 bits per heavy atom. The average molecular weight is 438 g/mol. The molecule has 0 aromatic heterocycles. The van der Waals surface area contributed by atoms with E-state index in [1.807, 2.05) is 0 Å². The molecule has 0 aliphatic carbocycles. The molecule has 1 atom stereocenters. The Kier molecular flexibility index (Phi) is 6.49. The van der Waals surface area contributed by atoms with E-state index < -0.39 is 5.25 Å². The van der Waals surface area contributed by atoms with Gasteiger partial charge in [0.05, 0.1) is 22.8 Å².